The molecule has 0 unspecified atom stereocenters. The molecule has 5 heterocycles. The lowest BCUT2D eigenvalue weighted by molar-refractivity contribution is -0.149. The molecule has 5 aromatic rings. The molecule has 8 rings (SSSR count). The molecule has 1 saturated carbocycles. The molecule has 0 bridgehead atoms. The van der Waals surface area contributed by atoms with Crippen molar-refractivity contribution in [3.8, 4) is 28.3 Å². The number of rotatable bonds is 8. The van der Waals surface area contributed by atoms with Crippen LogP contribution in [0.15, 0.2) is 60.9 Å². The van der Waals surface area contributed by atoms with Crippen molar-refractivity contribution in [3.05, 3.63) is 94.8 Å². The Morgan fingerprint density at radius 2 is 1.70 bits per heavy atom. The molecule has 0 radical (unpaired) electrons. The molecule has 3 aromatic heterocycles. The molecule has 2 N–H and O–H groups in total. The molecule has 1 saturated heterocycles. The zero-order chi connectivity index (χ0) is 37.1. The number of aliphatic hydroxyl groups excluding tert-OH is 1. The summed E-state index contributed by atoms with van der Waals surface area (Å²) in [5.41, 5.74) is 1.70. The molecular weight excluding hydrogens is 702 g/mol. The third-order valence-corrected chi connectivity index (χ3v) is 10.1. The van der Waals surface area contributed by atoms with Crippen LogP contribution in [0.4, 0.5) is 32.0 Å². The standard InChI is InChI=1S/C38H34F6N6O3/c39-24-15-26(28(20-51)32(16-24)50-11-12-53-33-14-23(37(41)4-5-37)13-29(40)34(33)36(50)52)25-3-6-45-35-27(25)17-31(47-35)30-2-1-22(18-46-30)19-48-7-9-49(10-8-48)21-38(42,43)44/h1-3,6,13-18,51H,4-5,7-12,19-21H2,(H,45,47). The second-order valence-electron chi connectivity index (χ2n) is 13.7. The van der Waals surface area contributed by atoms with Gasteiger partial charge in [0, 0.05) is 56.1 Å². The van der Waals surface area contributed by atoms with Crippen molar-refractivity contribution in [1.82, 2.24) is 24.8 Å². The van der Waals surface area contributed by atoms with Crippen molar-refractivity contribution in [1.29, 1.82) is 0 Å². The van der Waals surface area contributed by atoms with Gasteiger partial charge in [-0.25, -0.2) is 18.2 Å². The molecule has 2 aliphatic heterocycles. The van der Waals surface area contributed by atoms with E-state index >= 15 is 8.78 Å². The van der Waals surface area contributed by atoms with E-state index in [4.69, 9.17) is 4.74 Å². The second-order valence-corrected chi connectivity index (χ2v) is 13.7. The summed E-state index contributed by atoms with van der Waals surface area (Å²) in [6.45, 7) is 0.564. The SMILES string of the molecule is O=C1c2c(F)cc(C3(F)CC3)cc2OCCN1c1cc(F)cc(-c2ccnc3[nH]c(-c4ccc(CN5CCN(CC(F)(F)F)CC5)cn4)cc23)c1CO. The predicted octanol–water partition coefficient (Wildman–Crippen LogP) is 6.74. The average molecular weight is 737 g/mol. The number of fused-ring (bicyclic) bond motifs is 2. The number of nitrogens with zero attached hydrogens (tertiary/aromatic N) is 5. The van der Waals surface area contributed by atoms with Crippen LogP contribution in [-0.2, 0) is 18.8 Å². The number of benzene rings is 2. The number of carbonyl (C=O) groups excluding carboxylic acids is 1. The Morgan fingerprint density at radius 1 is 0.925 bits per heavy atom. The highest BCUT2D eigenvalue weighted by Gasteiger charge is 2.46. The first-order chi connectivity index (χ1) is 25.4. The van der Waals surface area contributed by atoms with E-state index in [1.807, 2.05) is 12.1 Å². The van der Waals surface area contributed by atoms with Crippen LogP contribution in [0.2, 0.25) is 0 Å². The van der Waals surface area contributed by atoms with Crippen molar-refractivity contribution in [2.45, 2.75) is 37.8 Å². The maximum Gasteiger partial charge on any atom is 0.401 e. The summed E-state index contributed by atoms with van der Waals surface area (Å²) in [6.07, 6.45) is -0.468. The van der Waals surface area contributed by atoms with E-state index in [1.54, 1.807) is 18.3 Å². The predicted molar refractivity (Wildman–Crippen MR) is 184 cm³/mol. The summed E-state index contributed by atoms with van der Waals surface area (Å²) in [6, 6.07) is 11.9. The van der Waals surface area contributed by atoms with Crippen molar-refractivity contribution in [2.75, 3.05) is 50.8 Å². The van der Waals surface area contributed by atoms with Crippen molar-refractivity contribution in [3.63, 3.8) is 0 Å². The van der Waals surface area contributed by atoms with Gasteiger partial charge in [0.25, 0.3) is 5.91 Å². The third kappa shape index (κ3) is 6.96. The molecule has 2 aromatic carbocycles. The van der Waals surface area contributed by atoms with E-state index in [0.717, 1.165) is 17.7 Å². The Morgan fingerprint density at radius 3 is 2.40 bits per heavy atom. The fraction of sp³-hybridized carbons (Fsp3) is 0.342. The number of amides is 1. The highest BCUT2D eigenvalue weighted by atomic mass is 19.4. The van der Waals surface area contributed by atoms with Crippen molar-refractivity contribution < 1.29 is 41.0 Å². The molecule has 0 atom stereocenters. The Kier molecular flexibility index (Phi) is 8.90. The number of halogens is 6. The van der Waals surface area contributed by atoms with Gasteiger partial charge >= 0.3 is 6.18 Å². The first kappa shape index (κ1) is 35.1. The highest BCUT2D eigenvalue weighted by molar-refractivity contribution is 6.09. The Hall–Kier alpha value is -4.99. The number of piperazine rings is 1. The number of H-pyrrole nitrogens is 1. The maximum absolute atomic E-state index is 15.5. The number of ether oxygens (including phenoxy) is 1. The van der Waals surface area contributed by atoms with Crippen molar-refractivity contribution >= 4 is 22.6 Å². The summed E-state index contributed by atoms with van der Waals surface area (Å²) >= 11 is 0. The van der Waals surface area contributed by atoms with E-state index in [-0.39, 0.29) is 48.6 Å². The molecule has 1 aliphatic carbocycles. The minimum absolute atomic E-state index is 0.0383. The molecule has 1 amide bonds. The van der Waals surface area contributed by atoms with Gasteiger partial charge in [0.2, 0.25) is 0 Å². The topological polar surface area (TPSA) is 97.8 Å². The first-order valence-electron chi connectivity index (χ1n) is 17.2. The summed E-state index contributed by atoms with van der Waals surface area (Å²) in [5, 5.41) is 11.3. The lowest BCUT2D eigenvalue weighted by Gasteiger charge is -2.34. The van der Waals surface area contributed by atoms with Crippen LogP contribution in [0.25, 0.3) is 33.5 Å². The first-order valence-corrected chi connectivity index (χ1v) is 17.2. The van der Waals surface area contributed by atoms with Gasteiger partial charge in [-0.2, -0.15) is 13.2 Å². The third-order valence-electron chi connectivity index (χ3n) is 10.1. The molecule has 53 heavy (non-hydrogen) atoms. The summed E-state index contributed by atoms with van der Waals surface area (Å²) in [4.78, 5) is 30.8. The number of anilines is 1. The largest absolute Gasteiger partial charge is 0.491 e. The van der Waals surface area contributed by atoms with E-state index in [0.29, 0.717) is 66.3 Å². The van der Waals surface area contributed by atoms with Crippen LogP contribution in [0.5, 0.6) is 5.75 Å². The number of aliphatic hydroxyl groups is 1. The Balaban J connectivity index is 1.07. The van der Waals surface area contributed by atoms with Gasteiger partial charge in [-0.05, 0) is 77.6 Å². The van der Waals surface area contributed by atoms with Gasteiger partial charge in [-0.15, -0.1) is 0 Å². The molecule has 0 spiro atoms. The van der Waals surface area contributed by atoms with E-state index in [1.165, 1.54) is 28.1 Å². The van der Waals surface area contributed by atoms with Crippen LogP contribution >= 0.6 is 0 Å². The van der Waals surface area contributed by atoms with Gasteiger partial charge in [0.05, 0.1) is 36.8 Å². The number of aromatic nitrogens is 3. The molecule has 9 nitrogen and oxygen atoms in total. The van der Waals surface area contributed by atoms with Gasteiger partial charge in [-0.3, -0.25) is 19.6 Å². The lowest BCUT2D eigenvalue weighted by atomic mass is 9.95. The fourth-order valence-corrected chi connectivity index (χ4v) is 7.24. The van der Waals surface area contributed by atoms with E-state index in [9.17, 15) is 27.5 Å². The summed E-state index contributed by atoms with van der Waals surface area (Å²) < 4.78 is 89.7. The van der Waals surface area contributed by atoms with Crippen LogP contribution < -0.4 is 9.64 Å². The number of carbonyl (C=O) groups is 1. The minimum atomic E-state index is -4.22. The summed E-state index contributed by atoms with van der Waals surface area (Å²) in [5.74, 6) is -2.54. The zero-order valence-corrected chi connectivity index (χ0v) is 28.3. The zero-order valence-electron chi connectivity index (χ0n) is 28.3. The molecule has 276 valence electrons. The minimum Gasteiger partial charge on any atom is -0.491 e. The molecule has 15 heteroatoms. The van der Waals surface area contributed by atoms with E-state index in [2.05, 4.69) is 19.9 Å². The van der Waals surface area contributed by atoms with Crippen LogP contribution in [0, 0.1) is 11.6 Å². The molecule has 2 fully saturated rings. The number of nitrogens with one attached hydrogen (secondary N) is 1. The van der Waals surface area contributed by atoms with Gasteiger partial charge in [-0.1, -0.05) is 6.07 Å². The lowest BCUT2D eigenvalue weighted by Crippen LogP contribution is -2.48. The quantitative estimate of drug-likeness (QED) is 0.171. The highest BCUT2D eigenvalue weighted by Crippen LogP contribution is 2.51. The number of alkyl halides is 4. The average Bonchev–Trinajstić information content (AvgIpc) is 3.77. The van der Waals surface area contributed by atoms with Gasteiger partial charge in [0.15, 0.2) is 0 Å². The molecule has 3 aliphatic rings. The fourth-order valence-electron chi connectivity index (χ4n) is 7.24. The number of aromatic amines is 1. The van der Waals surface area contributed by atoms with Crippen LogP contribution in [0.3, 0.4) is 0 Å². The summed E-state index contributed by atoms with van der Waals surface area (Å²) in [7, 11) is 0. The maximum atomic E-state index is 15.5. The van der Waals surface area contributed by atoms with Crippen molar-refractivity contribution in [2.24, 2.45) is 0 Å². The smallest absolute Gasteiger partial charge is 0.401 e. The van der Waals surface area contributed by atoms with Crippen LogP contribution in [0.1, 0.15) is 39.9 Å². The normalized spacial score (nSPS) is 17.9. The number of hydrogen-bond acceptors (Lipinski definition) is 7. The number of hydrogen-bond donors (Lipinski definition) is 2. The van der Waals surface area contributed by atoms with E-state index < -0.39 is 48.1 Å². The second kappa shape index (κ2) is 13.5. The monoisotopic (exact) mass is 736 g/mol. The Labute approximate surface area is 299 Å². The van der Waals surface area contributed by atoms with Gasteiger partial charge < -0.3 is 19.7 Å². The number of pyridine rings is 2. The Bertz CT molecular complexity index is 2200. The van der Waals surface area contributed by atoms with Gasteiger partial charge in [0.1, 0.15) is 40.9 Å². The van der Waals surface area contributed by atoms with Crippen LogP contribution in [-0.4, -0.2) is 87.8 Å². The molecular formula is C38H34F6N6O3.